The van der Waals surface area contributed by atoms with Crippen molar-refractivity contribution < 1.29 is 9.47 Å². The van der Waals surface area contributed by atoms with Gasteiger partial charge in [0.15, 0.2) is 11.5 Å². The number of rotatable bonds is 4. The summed E-state index contributed by atoms with van der Waals surface area (Å²) >= 11 is 0. The average molecular weight is 263 g/mol. The number of nitrogens with zero attached hydrogens (tertiary/aromatic N) is 1. The van der Waals surface area contributed by atoms with Gasteiger partial charge < -0.3 is 9.47 Å². The van der Waals surface area contributed by atoms with Crippen LogP contribution in [0.3, 0.4) is 0 Å². The van der Waals surface area contributed by atoms with Gasteiger partial charge in [-0.2, -0.15) is 5.10 Å². The number of nitrogens with one attached hydrogen (secondary N) is 2. The number of benzene rings is 1. The van der Waals surface area contributed by atoms with E-state index < -0.39 is 11.2 Å². The van der Waals surface area contributed by atoms with Crippen LogP contribution in [0, 0.1) is 0 Å². The van der Waals surface area contributed by atoms with E-state index in [1.165, 1.54) is 14.2 Å². The topological polar surface area (TPSA) is 97.1 Å². The van der Waals surface area contributed by atoms with Gasteiger partial charge in [-0.15, -0.1) is 0 Å². The zero-order chi connectivity index (χ0) is 13.8. The van der Waals surface area contributed by atoms with Crippen molar-refractivity contribution in [1.82, 2.24) is 15.2 Å². The maximum atomic E-state index is 11.6. The summed E-state index contributed by atoms with van der Waals surface area (Å²) in [5, 5.41) is 5.92. The second-order valence-corrected chi connectivity index (χ2v) is 3.78. The lowest BCUT2D eigenvalue weighted by molar-refractivity contribution is 0.352. The fourth-order valence-corrected chi connectivity index (χ4v) is 1.77. The van der Waals surface area contributed by atoms with Crippen molar-refractivity contribution in [3.63, 3.8) is 0 Å². The van der Waals surface area contributed by atoms with Gasteiger partial charge in [-0.25, -0.2) is 9.89 Å². The lowest BCUT2D eigenvalue weighted by atomic mass is 10.1. The predicted octanol–water partition coefficient (Wildman–Crippen LogP) is 0.0662. The van der Waals surface area contributed by atoms with E-state index in [9.17, 15) is 9.59 Å². The number of hydrogen-bond donors (Lipinski definition) is 2. The van der Waals surface area contributed by atoms with Gasteiger partial charge in [0.1, 0.15) is 5.69 Å². The lowest BCUT2D eigenvalue weighted by Gasteiger charge is -2.11. The van der Waals surface area contributed by atoms with Crippen LogP contribution in [0.2, 0.25) is 0 Å². The third kappa shape index (κ3) is 2.65. The molecule has 0 amide bonds. The third-order valence-electron chi connectivity index (χ3n) is 2.62. The Hall–Kier alpha value is -2.57. The summed E-state index contributed by atoms with van der Waals surface area (Å²) in [7, 11) is 3.05. The van der Waals surface area contributed by atoms with Gasteiger partial charge in [-0.3, -0.25) is 9.78 Å². The second kappa shape index (κ2) is 5.38. The molecule has 0 atom stereocenters. The van der Waals surface area contributed by atoms with Crippen molar-refractivity contribution in [2.75, 3.05) is 14.2 Å². The minimum absolute atomic E-state index is 0.200. The molecule has 7 nitrogen and oxygen atoms in total. The molecule has 1 aromatic carbocycles. The first-order valence-corrected chi connectivity index (χ1v) is 5.53. The van der Waals surface area contributed by atoms with Crippen molar-refractivity contribution >= 4 is 0 Å². The van der Waals surface area contributed by atoms with E-state index in [0.717, 1.165) is 5.56 Å². The Morgan fingerprint density at radius 1 is 1.21 bits per heavy atom. The Labute approximate surface area is 108 Å². The van der Waals surface area contributed by atoms with E-state index in [2.05, 4.69) is 15.2 Å². The highest BCUT2D eigenvalue weighted by molar-refractivity contribution is 5.47. The van der Waals surface area contributed by atoms with E-state index in [1.807, 2.05) is 0 Å². The van der Waals surface area contributed by atoms with Crippen molar-refractivity contribution in [3.05, 3.63) is 50.3 Å². The van der Waals surface area contributed by atoms with Crippen molar-refractivity contribution in [1.29, 1.82) is 0 Å². The van der Waals surface area contributed by atoms with Crippen LogP contribution < -0.4 is 20.7 Å². The molecule has 0 fully saturated rings. The highest BCUT2D eigenvalue weighted by Crippen LogP contribution is 2.31. The normalized spacial score (nSPS) is 10.2. The third-order valence-corrected chi connectivity index (χ3v) is 2.62. The molecule has 0 bridgehead atoms. The van der Waals surface area contributed by atoms with Gasteiger partial charge in [0, 0.05) is 12.0 Å². The summed E-state index contributed by atoms with van der Waals surface area (Å²) in [6, 6.07) is 5.34. The van der Waals surface area contributed by atoms with Crippen LogP contribution in [0.1, 0.15) is 11.3 Å². The Bertz CT molecular complexity index is 690. The van der Waals surface area contributed by atoms with Crippen LogP contribution in [-0.2, 0) is 6.42 Å². The number of hydrogen-bond acceptors (Lipinski definition) is 5. The number of methoxy groups -OCH3 is 2. The Kier molecular flexibility index (Phi) is 3.65. The largest absolute Gasteiger partial charge is 0.493 e. The summed E-state index contributed by atoms with van der Waals surface area (Å²) in [5.41, 5.74) is -0.210. The van der Waals surface area contributed by atoms with Crippen LogP contribution in [0.25, 0.3) is 0 Å². The second-order valence-electron chi connectivity index (χ2n) is 3.78. The molecule has 1 heterocycles. The molecular weight excluding hydrogens is 250 g/mol. The zero-order valence-corrected chi connectivity index (χ0v) is 10.5. The summed E-state index contributed by atoms with van der Waals surface area (Å²) in [6.45, 7) is 0. The van der Waals surface area contributed by atoms with E-state index in [4.69, 9.17) is 9.47 Å². The molecule has 0 spiro atoms. The molecule has 0 unspecified atom stereocenters. The predicted molar refractivity (Wildman–Crippen MR) is 67.8 cm³/mol. The number of para-hydroxylation sites is 1. The molecule has 19 heavy (non-hydrogen) atoms. The minimum Gasteiger partial charge on any atom is -0.493 e. The SMILES string of the molecule is COc1cccc(Cc2n[nH]c(=O)[nH]c2=O)c1OC. The van der Waals surface area contributed by atoms with Crippen LogP contribution >= 0.6 is 0 Å². The molecule has 7 heteroatoms. The molecule has 2 N–H and O–H groups in total. The van der Waals surface area contributed by atoms with Crippen LogP contribution in [0.5, 0.6) is 11.5 Å². The smallest absolute Gasteiger partial charge is 0.342 e. The Morgan fingerprint density at radius 3 is 2.63 bits per heavy atom. The van der Waals surface area contributed by atoms with Crippen molar-refractivity contribution in [2.24, 2.45) is 0 Å². The fourth-order valence-electron chi connectivity index (χ4n) is 1.77. The molecule has 0 saturated heterocycles. The van der Waals surface area contributed by atoms with Crippen molar-refractivity contribution in [3.8, 4) is 11.5 Å². The first-order valence-electron chi connectivity index (χ1n) is 5.53. The number of H-pyrrole nitrogens is 2. The molecule has 0 radical (unpaired) electrons. The van der Waals surface area contributed by atoms with Crippen molar-refractivity contribution in [2.45, 2.75) is 6.42 Å². The highest BCUT2D eigenvalue weighted by atomic mass is 16.5. The molecule has 1 aromatic heterocycles. The van der Waals surface area contributed by atoms with Crippen LogP contribution in [0.15, 0.2) is 27.8 Å². The highest BCUT2D eigenvalue weighted by Gasteiger charge is 2.12. The maximum absolute atomic E-state index is 11.6. The van der Waals surface area contributed by atoms with Gasteiger partial charge in [-0.1, -0.05) is 12.1 Å². The van der Waals surface area contributed by atoms with Crippen LogP contribution in [-0.4, -0.2) is 29.4 Å². The number of ether oxygens (including phenoxy) is 2. The summed E-state index contributed by atoms with van der Waals surface area (Å²) in [5.74, 6) is 1.11. The lowest BCUT2D eigenvalue weighted by Crippen LogP contribution is -2.27. The Morgan fingerprint density at radius 2 is 2.00 bits per heavy atom. The van der Waals surface area contributed by atoms with E-state index in [0.29, 0.717) is 11.5 Å². The summed E-state index contributed by atoms with van der Waals surface area (Å²) in [6.07, 6.45) is 0.229. The first-order chi connectivity index (χ1) is 9.15. The molecule has 100 valence electrons. The molecule has 0 saturated carbocycles. The number of aromatic amines is 2. The van der Waals surface area contributed by atoms with E-state index in [-0.39, 0.29) is 12.1 Å². The maximum Gasteiger partial charge on any atom is 0.342 e. The molecule has 0 aliphatic carbocycles. The standard InChI is InChI=1S/C12H13N3O4/c1-18-9-5-3-4-7(10(9)19-2)6-8-11(16)13-12(17)15-14-8/h3-5H,6H2,1-2H3,(H2,13,15,16,17). The molecule has 2 rings (SSSR count). The minimum atomic E-state index is -0.633. The fraction of sp³-hybridized carbons (Fsp3) is 0.250. The molecular formula is C12H13N3O4. The molecule has 0 aliphatic rings. The molecule has 0 aliphatic heterocycles. The summed E-state index contributed by atoms with van der Waals surface area (Å²) < 4.78 is 10.4. The van der Waals surface area contributed by atoms with Crippen LogP contribution in [0.4, 0.5) is 0 Å². The van der Waals surface area contributed by atoms with Gasteiger partial charge in [0.2, 0.25) is 0 Å². The molecule has 2 aromatic rings. The van der Waals surface area contributed by atoms with Gasteiger partial charge >= 0.3 is 5.69 Å². The van der Waals surface area contributed by atoms with Gasteiger partial charge in [0.05, 0.1) is 14.2 Å². The monoisotopic (exact) mass is 263 g/mol. The first kappa shape index (κ1) is 12.9. The van der Waals surface area contributed by atoms with Gasteiger partial charge in [0.25, 0.3) is 5.56 Å². The zero-order valence-electron chi connectivity index (χ0n) is 10.5. The van der Waals surface area contributed by atoms with Gasteiger partial charge in [-0.05, 0) is 6.07 Å². The quantitative estimate of drug-likeness (QED) is 0.813. The van der Waals surface area contributed by atoms with E-state index >= 15 is 0 Å². The van der Waals surface area contributed by atoms with E-state index in [1.54, 1.807) is 18.2 Å². The Balaban J connectivity index is 2.43. The average Bonchev–Trinajstić information content (AvgIpc) is 2.41. The summed E-state index contributed by atoms with van der Waals surface area (Å²) in [4.78, 5) is 24.6. The number of aromatic nitrogens is 3.